The van der Waals surface area contributed by atoms with Gasteiger partial charge >= 0.3 is 0 Å². The topological polar surface area (TPSA) is 83.0 Å². The van der Waals surface area contributed by atoms with Gasteiger partial charge in [0.2, 0.25) is 5.91 Å². The van der Waals surface area contributed by atoms with Gasteiger partial charge in [0.05, 0.1) is 19.1 Å². The van der Waals surface area contributed by atoms with Crippen molar-refractivity contribution in [2.24, 2.45) is 5.73 Å². The van der Waals surface area contributed by atoms with Crippen molar-refractivity contribution in [3.05, 3.63) is 47.0 Å². The van der Waals surface area contributed by atoms with E-state index < -0.39 is 5.91 Å². The van der Waals surface area contributed by atoms with E-state index in [4.69, 9.17) is 10.5 Å². The zero-order valence-electron chi connectivity index (χ0n) is 12.7. The summed E-state index contributed by atoms with van der Waals surface area (Å²) in [6.45, 7) is 0.578. The van der Waals surface area contributed by atoms with Gasteiger partial charge in [0.1, 0.15) is 5.82 Å². The molecule has 0 radical (unpaired) electrons. The molecule has 1 amide bonds. The molecule has 1 aliphatic rings. The highest BCUT2D eigenvalue weighted by molar-refractivity contribution is 5.75. The molecular formula is C16H20N4O2. The van der Waals surface area contributed by atoms with Gasteiger partial charge in [0, 0.05) is 13.5 Å². The van der Waals surface area contributed by atoms with Gasteiger partial charge in [0.15, 0.2) is 5.82 Å². The molecule has 0 spiro atoms. The molecule has 0 aliphatic heterocycles. The van der Waals surface area contributed by atoms with Crippen LogP contribution in [0.3, 0.4) is 0 Å². The molecule has 0 atom stereocenters. The lowest BCUT2D eigenvalue weighted by atomic mass is 10.1. The number of fused-ring (bicyclic) bond motifs is 1. The van der Waals surface area contributed by atoms with Crippen molar-refractivity contribution >= 4 is 5.91 Å². The highest BCUT2D eigenvalue weighted by Crippen LogP contribution is 2.30. The van der Waals surface area contributed by atoms with Gasteiger partial charge < -0.3 is 10.5 Å². The Hall–Kier alpha value is -2.21. The van der Waals surface area contributed by atoms with Crippen LogP contribution in [0, 0.1) is 0 Å². The maximum Gasteiger partial charge on any atom is 0.225 e. The van der Waals surface area contributed by atoms with Gasteiger partial charge in [-0.2, -0.15) is 5.10 Å². The fourth-order valence-electron chi connectivity index (χ4n) is 3.00. The van der Waals surface area contributed by atoms with Gasteiger partial charge in [-0.3, -0.25) is 4.79 Å². The van der Waals surface area contributed by atoms with E-state index in [9.17, 15) is 4.79 Å². The summed E-state index contributed by atoms with van der Waals surface area (Å²) in [6.07, 6.45) is 2.63. The van der Waals surface area contributed by atoms with E-state index in [-0.39, 0.29) is 12.5 Å². The van der Waals surface area contributed by atoms with Crippen LogP contribution >= 0.6 is 0 Å². The standard InChI is InChI=1S/C16H20N4O2/c1-22-7-6-16-18-15(10-14(17)21)19-20(16)13-8-11-4-2-3-5-12(11)9-13/h2-5,13H,6-10H2,1H3,(H2,17,21). The first-order valence-electron chi connectivity index (χ1n) is 7.45. The summed E-state index contributed by atoms with van der Waals surface area (Å²) in [5.74, 6) is 0.940. The van der Waals surface area contributed by atoms with Crippen molar-refractivity contribution in [1.82, 2.24) is 14.8 Å². The monoisotopic (exact) mass is 300 g/mol. The van der Waals surface area contributed by atoms with E-state index >= 15 is 0 Å². The van der Waals surface area contributed by atoms with Crippen molar-refractivity contribution in [2.75, 3.05) is 13.7 Å². The third-order valence-electron chi connectivity index (χ3n) is 3.98. The van der Waals surface area contributed by atoms with E-state index in [2.05, 4.69) is 34.3 Å². The number of aromatic nitrogens is 3. The quantitative estimate of drug-likeness (QED) is 0.856. The molecule has 1 aromatic heterocycles. The Morgan fingerprint density at radius 2 is 2.05 bits per heavy atom. The molecule has 116 valence electrons. The Bertz CT molecular complexity index is 656. The summed E-state index contributed by atoms with van der Waals surface area (Å²) in [7, 11) is 1.66. The Morgan fingerprint density at radius 3 is 2.64 bits per heavy atom. The highest BCUT2D eigenvalue weighted by Gasteiger charge is 2.26. The summed E-state index contributed by atoms with van der Waals surface area (Å²) >= 11 is 0. The molecule has 0 saturated carbocycles. The molecule has 1 aromatic carbocycles. The minimum absolute atomic E-state index is 0.0760. The van der Waals surface area contributed by atoms with Crippen LogP contribution in [-0.4, -0.2) is 34.4 Å². The fourth-order valence-corrected chi connectivity index (χ4v) is 3.00. The molecule has 3 rings (SSSR count). The van der Waals surface area contributed by atoms with Crippen molar-refractivity contribution < 1.29 is 9.53 Å². The van der Waals surface area contributed by atoms with E-state index in [1.807, 2.05) is 4.68 Å². The van der Waals surface area contributed by atoms with Crippen molar-refractivity contribution in [1.29, 1.82) is 0 Å². The number of amides is 1. The van der Waals surface area contributed by atoms with Crippen LogP contribution in [-0.2, 0) is 35.2 Å². The second kappa shape index (κ2) is 6.27. The van der Waals surface area contributed by atoms with Gasteiger partial charge in [0.25, 0.3) is 0 Å². The molecule has 22 heavy (non-hydrogen) atoms. The van der Waals surface area contributed by atoms with E-state index in [0.717, 1.165) is 18.7 Å². The maximum atomic E-state index is 11.1. The number of nitrogens with two attached hydrogens (primary N) is 1. The van der Waals surface area contributed by atoms with Crippen molar-refractivity contribution in [3.8, 4) is 0 Å². The minimum Gasteiger partial charge on any atom is -0.384 e. The molecule has 0 bridgehead atoms. The summed E-state index contributed by atoms with van der Waals surface area (Å²) in [6, 6.07) is 8.69. The summed E-state index contributed by atoms with van der Waals surface area (Å²) in [5.41, 5.74) is 7.97. The predicted octanol–water partition coefficient (Wildman–Crippen LogP) is 0.835. The molecule has 1 heterocycles. The van der Waals surface area contributed by atoms with E-state index in [1.54, 1.807) is 7.11 Å². The molecule has 2 aromatic rings. The molecule has 6 nitrogen and oxygen atoms in total. The van der Waals surface area contributed by atoms with Gasteiger partial charge in [-0.15, -0.1) is 0 Å². The third-order valence-corrected chi connectivity index (χ3v) is 3.98. The first kappa shape index (κ1) is 14.7. The SMILES string of the molecule is COCCc1nc(CC(N)=O)nn1C1Cc2ccccc2C1. The van der Waals surface area contributed by atoms with Crippen molar-refractivity contribution in [2.45, 2.75) is 31.7 Å². The third kappa shape index (κ3) is 3.01. The van der Waals surface area contributed by atoms with Gasteiger partial charge in [-0.05, 0) is 24.0 Å². The molecule has 0 saturated heterocycles. The van der Waals surface area contributed by atoms with Crippen LogP contribution in [0.25, 0.3) is 0 Å². The smallest absolute Gasteiger partial charge is 0.225 e. The summed E-state index contributed by atoms with van der Waals surface area (Å²) < 4.78 is 7.10. The molecule has 1 aliphatic carbocycles. The van der Waals surface area contributed by atoms with Crippen molar-refractivity contribution in [3.63, 3.8) is 0 Å². The zero-order valence-corrected chi connectivity index (χ0v) is 12.7. The van der Waals surface area contributed by atoms with Crippen LogP contribution in [0.15, 0.2) is 24.3 Å². The second-order valence-corrected chi connectivity index (χ2v) is 5.61. The lowest BCUT2D eigenvalue weighted by Crippen LogP contribution is -2.17. The predicted molar refractivity (Wildman–Crippen MR) is 81.4 cm³/mol. The maximum absolute atomic E-state index is 11.1. The van der Waals surface area contributed by atoms with Gasteiger partial charge in [-0.1, -0.05) is 24.3 Å². The van der Waals surface area contributed by atoms with Gasteiger partial charge in [-0.25, -0.2) is 9.67 Å². The first-order chi connectivity index (χ1) is 10.7. The Kier molecular flexibility index (Phi) is 4.20. The number of nitrogens with zero attached hydrogens (tertiary/aromatic N) is 3. The number of hydrogen-bond acceptors (Lipinski definition) is 4. The average molecular weight is 300 g/mol. The lowest BCUT2D eigenvalue weighted by Gasteiger charge is -2.12. The molecule has 2 N–H and O–H groups in total. The fraction of sp³-hybridized carbons (Fsp3) is 0.438. The number of rotatable bonds is 6. The molecule has 0 unspecified atom stereocenters. The summed E-state index contributed by atoms with van der Waals surface area (Å²) in [5, 5.41) is 4.52. The second-order valence-electron chi connectivity index (χ2n) is 5.61. The van der Waals surface area contributed by atoms with Crippen LogP contribution < -0.4 is 5.73 Å². The Balaban J connectivity index is 1.85. The molecule has 6 heteroatoms. The highest BCUT2D eigenvalue weighted by atomic mass is 16.5. The normalized spacial score (nSPS) is 14.2. The largest absolute Gasteiger partial charge is 0.384 e. The van der Waals surface area contributed by atoms with E-state index in [0.29, 0.717) is 18.9 Å². The van der Waals surface area contributed by atoms with Crippen LogP contribution in [0.4, 0.5) is 0 Å². The van der Waals surface area contributed by atoms with Crippen LogP contribution in [0.1, 0.15) is 28.8 Å². The number of ether oxygens (including phenoxy) is 1. The molecular weight excluding hydrogens is 280 g/mol. The first-order valence-corrected chi connectivity index (χ1v) is 7.45. The van der Waals surface area contributed by atoms with Crippen LogP contribution in [0.5, 0.6) is 0 Å². The number of benzene rings is 1. The van der Waals surface area contributed by atoms with Crippen LogP contribution in [0.2, 0.25) is 0 Å². The number of carbonyl (C=O) groups is 1. The number of hydrogen-bond donors (Lipinski definition) is 1. The molecule has 0 fully saturated rings. The Labute approximate surface area is 129 Å². The van der Waals surface area contributed by atoms with E-state index in [1.165, 1.54) is 11.1 Å². The Morgan fingerprint density at radius 1 is 1.36 bits per heavy atom. The average Bonchev–Trinajstić information content (AvgIpc) is 3.07. The number of primary amides is 1. The minimum atomic E-state index is -0.412. The lowest BCUT2D eigenvalue weighted by molar-refractivity contribution is -0.117. The summed E-state index contributed by atoms with van der Waals surface area (Å²) in [4.78, 5) is 15.6. The number of methoxy groups -OCH3 is 1. The zero-order chi connectivity index (χ0) is 15.5. The number of carbonyl (C=O) groups excluding carboxylic acids is 1.